The molecule has 0 bridgehead atoms. The fourth-order valence-electron chi connectivity index (χ4n) is 8.02. The van der Waals surface area contributed by atoms with E-state index in [0.29, 0.717) is 5.41 Å². The molecular formula is C44H72O6Si3. The molecule has 0 fully saturated rings. The van der Waals surface area contributed by atoms with E-state index in [9.17, 15) is 0 Å². The van der Waals surface area contributed by atoms with E-state index >= 15 is 0 Å². The van der Waals surface area contributed by atoms with Gasteiger partial charge in [-0.3, -0.25) is 0 Å². The summed E-state index contributed by atoms with van der Waals surface area (Å²) in [6.07, 6.45) is 20.3. The van der Waals surface area contributed by atoms with Crippen molar-refractivity contribution < 1.29 is 28.4 Å². The fraction of sp³-hybridized carbons (Fsp3) is 0.591. The largest absolute Gasteiger partial charge is 0.493 e. The summed E-state index contributed by atoms with van der Waals surface area (Å²) in [6, 6.07) is 23.0. The Morgan fingerprint density at radius 1 is 0.377 bits per heavy atom. The van der Waals surface area contributed by atoms with E-state index < -0.39 is 0 Å². The molecule has 0 unspecified atom stereocenters. The highest BCUT2D eigenvalue weighted by atomic mass is 28.2. The summed E-state index contributed by atoms with van der Waals surface area (Å²) in [5.74, 6) is 5.46. The number of hydrogen-bond acceptors (Lipinski definition) is 6. The number of hydrogen-bond donors (Lipinski definition) is 0. The van der Waals surface area contributed by atoms with Crippen LogP contribution < -0.4 is 44.0 Å². The smallest absolute Gasteiger partial charge is 0.160 e. The van der Waals surface area contributed by atoms with Crippen LogP contribution in [-0.4, -0.2) is 71.2 Å². The molecule has 3 aromatic rings. The van der Waals surface area contributed by atoms with Gasteiger partial charge in [-0.25, -0.2) is 0 Å². The van der Waals surface area contributed by atoms with Crippen LogP contribution >= 0.6 is 0 Å². The quantitative estimate of drug-likeness (QED) is 0.0513. The van der Waals surface area contributed by atoms with Crippen LogP contribution in [0.4, 0.5) is 0 Å². The lowest BCUT2D eigenvalue weighted by molar-refractivity contribution is 0.223. The SMILES string of the molecule is COc1cccc([SiH2]CCCCCCC(C)(CCCCCC[SiH2]c2cccc(OC)c2OC)CCCCCC[SiH2]c2cccc(OC)c2OC)c1OC. The standard InChI is InChI=1S/C44H72O6Si3/c1-44(29-14-8-11-17-32-51-38-26-20-23-35(45-2)41(38)48-5,30-15-9-12-18-33-52-39-27-21-24-36(46-3)42(39)49-6)31-16-10-13-19-34-53-40-28-22-25-37(47-4)43(40)50-7/h20-28H,8-19,29-34,51-53H2,1-7H3. The molecule has 0 amide bonds. The first-order chi connectivity index (χ1) is 25.9. The highest BCUT2D eigenvalue weighted by molar-refractivity contribution is 6.55. The number of rotatable bonds is 30. The van der Waals surface area contributed by atoms with Crippen molar-refractivity contribution in [3.8, 4) is 34.5 Å². The van der Waals surface area contributed by atoms with Gasteiger partial charge in [-0.15, -0.1) is 0 Å². The molecule has 3 rings (SSSR count). The summed E-state index contributed by atoms with van der Waals surface area (Å²) in [5.41, 5.74) is 0.466. The summed E-state index contributed by atoms with van der Waals surface area (Å²) >= 11 is 0. The minimum absolute atomic E-state index is 0.352. The third kappa shape index (κ3) is 15.4. The van der Waals surface area contributed by atoms with E-state index in [-0.39, 0.29) is 28.6 Å². The van der Waals surface area contributed by atoms with Crippen molar-refractivity contribution in [2.45, 2.75) is 121 Å². The number of ether oxygens (including phenoxy) is 6. The van der Waals surface area contributed by atoms with Crippen LogP contribution in [0.15, 0.2) is 54.6 Å². The molecule has 0 aliphatic heterocycles. The first kappa shape index (κ1) is 44.5. The second kappa shape index (κ2) is 26.0. The molecule has 0 N–H and O–H groups in total. The Kier molecular flexibility index (Phi) is 21.8. The van der Waals surface area contributed by atoms with Gasteiger partial charge in [-0.05, 0) is 58.4 Å². The Balaban J connectivity index is 1.40. The van der Waals surface area contributed by atoms with Crippen molar-refractivity contribution >= 4 is 44.1 Å². The summed E-state index contributed by atoms with van der Waals surface area (Å²) in [6.45, 7) is 2.61. The van der Waals surface area contributed by atoms with Crippen LogP contribution in [0.2, 0.25) is 18.1 Å². The van der Waals surface area contributed by atoms with Gasteiger partial charge in [0.05, 0.1) is 71.2 Å². The minimum Gasteiger partial charge on any atom is -0.493 e. The van der Waals surface area contributed by atoms with Gasteiger partial charge in [-0.1, -0.05) is 139 Å². The van der Waals surface area contributed by atoms with Gasteiger partial charge in [0.25, 0.3) is 0 Å². The first-order valence-electron chi connectivity index (χ1n) is 20.5. The molecule has 0 atom stereocenters. The van der Waals surface area contributed by atoms with Crippen LogP contribution in [0.3, 0.4) is 0 Å². The predicted molar refractivity (Wildman–Crippen MR) is 235 cm³/mol. The average Bonchev–Trinajstić information content (AvgIpc) is 3.19. The number of unbranched alkanes of at least 4 members (excludes halogenated alkanes) is 9. The number of benzene rings is 3. The third-order valence-electron chi connectivity index (χ3n) is 11.1. The van der Waals surface area contributed by atoms with Gasteiger partial charge >= 0.3 is 0 Å². The van der Waals surface area contributed by atoms with Crippen molar-refractivity contribution in [2.75, 3.05) is 42.7 Å². The van der Waals surface area contributed by atoms with E-state index in [4.69, 9.17) is 28.4 Å². The fourth-order valence-corrected chi connectivity index (χ4v) is 13.5. The summed E-state index contributed by atoms with van der Waals surface area (Å²) in [7, 11) is 9.42. The minimum atomic E-state index is -0.352. The van der Waals surface area contributed by atoms with Crippen molar-refractivity contribution in [3.63, 3.8) is 0 Å². The zero-order valence-electron chi connectivity index (χ0n) is 34.5. The van der Waals surface area contributed by atoms with Crippen molar-refractivity contribution in [3.05, 3.63) is 54.6 Å². The normalized spacial score (nSPS) is 13.0. The van der Waals surface area contributed by atoms with Crippen LogP contribution in [0.5, 0.6) is 34.5 Å². The van der Waals surface area contributed by atoms with Crippen LogP contribution in [-0.2, 0) is 0 Å². The van der Waals surface area contributed by atoms with Crippen molar-refractivity contribution in [2.24, 2.45) is 5.41 Å². The van der Waals surface area contributed by atoms with Crippen molar-refractivity contribution in [1.82, 2.24) is 0 Å². The molecule has 0 spiro atoms. The Hall–Kier alpha value is -2.89. The molecule has 53 heavy (non-hydrogen) atoms. The Labute approximate surface area is 329 Å². The molecule has 0 heterocycles. The van der Waals surface area contributed by atoms with Gasteiger partial charge in [0.1, 0.15) is 0 Å². The third-order valence-corrected chi connectivity index (χ3v) is 17.0. The highest BCUT2D eigenvalue weighted by Crippen LogP contribution is 2.37. The molecule has 9 heteroatoms. The first-order valence-corrected chi connectivity index (χ1v) is 25.6. The second-order valence-electron chi connectivity index (χ2n) is 15.1. The Morgan fingerprint density at radius 2 is 0.660 bits per heavy atom. The zero-order chi connectivity index (χ0) is 38.2. The van der Waals surface area contributed by atoms with E-state index in [1.807, 2.05) is 18.2 Å². The molecule has 0 aromatic heterocycles. The average molecular weight is 781 g/mol. The molecule has 0 saturated carbocycles. The molecule has 6 nitrogen and oxygen atoms in total. The number of para-hydroxylation sites is 3. The highest BCUT2D eigenvalue weighted by Gasteiger charge is 2.23. The van der Waals surface area contributed by atoms with Gasteiger partial charge in [0, 0.05) is 0 Å². The molecule has 0 aliphatic carbocycles. The Morgan fingerprint density at radius 3 is 0.925 bits per heavy atom. The lowest BCUT2D eigenvalue weighted by Crippen LogP contribution is -2.18. The van der Waals surface area contributed by atoms with Gasteiger partial charge in [0.2, 0.25) is 0 Å². The topological polar surface area (TPSA) is 55.4 Å². The maximum absolute atomic E-state index is 5.68. The summed E-state index contributed by atoms with van der Waals surface area (Å²) in [5, 5.41) is 4.18. The van der Waals surface area contributed by atoms with Gasteiger partial charge in [0.15, 0.2) is 34.5 Å². The molecular weight excluding hydrogens is 709 g/mol. The number of methoxy groups -OCH3 is 6. The van der Waals surface area contributed by atoms with E-state index in [1.54, 1.807) is 42.7 Å². The lowest BCUT2D eigenvalue weighted by Gasteiger charge is -2.30. The van der Waals surface area contributed by atoms with Crippen LogP contribution in [0.25, 0.3) is 0 Å². The molecule has 296 valence electrons. The maximum Gasteiger partial charge on any atom is 0.160 e. The molecule has 0 aliphatic rings. The monoisotopic (exact) mass is 780 g/mol. The predicted octanol–water partition coefficient (Wildman–Crippen LogP) is 7.63. The molecule has 0 saturated heterocycles. The maximum atomic E-state index is 5.68. The Bertz CT molecular complexity index is 1270. The molecule has 0 radical (unpaired) electrons. The van der Waals surface area contributed by atoms with Gasteiger partial charge < -0.3 is 28.4 Å². The van der Waals surface area contributed by atoms with E-state index in [0.717, 1.165) is 34.5 Å². The van der Waals surface area contributed by atoms with E-state index in [1.165, 1.54) is 130 Å². The molecule has 3 aromatic carbocycles. The summed E-state index contributed by atoms with van der Waals surface area (Å²) in [4.78, 5) is 0. The van der Waals surface area contributed by atoms with E-state index in [2.05, 4.69) is 43.3 Å². The summed E-state index contributed by atoms with van der Waals surface area (Å²) < 4.78 is 33.6. The second-order valence-corrected chi connectivity index (χ2v) is 21.0. The zero-order valence-corrected chi connectivity index (χ0v) is 38.7. The van der Waals surface area contributed by atoms with Crippen molar-refractivity contribution in [1.29, 1.82) is 0 Å². The lowest BCUT2D eigenvalue weighted by atomic mass is 9.76. The van der Waals surface area contributed by atoms with Crippen LogP contribution in [0, 0.1) is 5.41 Å². The van der Waals surface area contributed by atoms with Gasteiger partial charge in [-0.2, -0.15) is 0 Å². The van der Waals surface area contributed by atoms with Crippen LogP contribution in [0.1, 0.15) is 103 Å².